The number of likely N-dealkylation sites (tertiary alicyclic amines) is 1. The molecule has 0 saturated carbocycles. The molecule has 36 heavy (non-hydrogen) atoms. The van der Waals surface area contributed by atoms with Crippen LogP contribution >= 0.6 is 0 Å². The van der Waals surface area contributed by atoms with Gasteiger partial charge in [-0.25, -0.2) is 9.59 Å². The van der Waals surface area contributed by atoms with Gasteiger partial charge in [0, 0.05) is 25.0 Å². The lowest BCUT2D eigenvalue weighted by molar-refractivity contribution is -0.135. The maximum absolute atomic E-state index is 13.6. The third-order valence-corrected chi connectivity index (χ3v) is 6.71. The molecule has 0 bridgehead atoms. The molecule has 4 rings (SSSR count). The molecule has 3 amide bonds. The summed E-state index contributed by atoms with van der Waals surface area (Å²) in [6, 6.07) is 5.27. The number of aromatic nitrogens is 2. The van der Waals surface area contributed by atoms with E-state index in [0.717, 1.165) is 23.9 Å². The Labute approximate surface area is 212 Å². The number of piperidine rings is 2. The molecule has 1 atom stereocenters. The van der Waals surface area contributed by atoms with Crippen LogP contribution in [-0.4, -0.2) is 50.6 Å². The van der Waals surface area contributed by atoms with Gasteiger partial charge in [0.15, 0.2) is 0 Å². The Bertz CT molecular complexity index is 1220. The van der Waals surface area contributed by atoms with Crippen LogP contribution in [0.2, 0.25) is 0 Å². The number of hydrogen-bond donors (Lipinski definition) is 1. The summed E-state index contributed by atoms with van der Waals surface area (Å²) in [5, 5.41) is 2.37. The first-order valence-electron chi connectivity index (χ1n) is 12.4. The number of hydrogen-bond acceptors (Lipinski definition) is 5. The predicted molar refractivity (Wildman–Crippen MR) is 139 cm³/mol. The van der Waals surface area contributed by atoms with Crippen LogP contribution in [0.4, 0.5) is 4.79 Å². The van der Waals surface area contributed by atoms with E-state index in [1.165, 1.54) is 4.57 Å². The topological polar surface area (TPSA) is 103 Å². The summed E-state index contributed by atoms with van der Waals surface area (Å²) in [7, 11) is 0. The fourth-order valence-corrected chi connectivity index (χ4v) is 5.09. The van der Waals surface area contributed by atoms with Crippen molar-refractivity contribution in [3.05, 3.63) is 34.2 Å². The van der Waals surface area contributed by atoms with Crippen molar-refractivity contribution < 1.29 is 19.1 Å². The first-order chi connectivity index (χ1) is 16.3. The van der Waals surface area contributed by atoms with E-state index >= 15 is 0 Å². The van der Waals surface area contributed by atoms with Gasteiger partial charge in [-0.1, -0.05) is 13.5 Å². The minimum absolute atomic E-state index is 0. The molecule has 9 heteroatoms. The molecule has 1 aromatic heterocycles. The molecular formula is C27H40N4O5. The Balaban J connectivity index is 0.00000361. The summed E-state index contributed by atoms with van der Waals surface area (Å²) in [6.07, 6.45) is 1.84. The molecule has 0 radical (unpaired) electrons. The molecule has 0 aliphatic carbocycles. The normalized spacial score (nSPS) is 19.7. The lowest BCUT2D eigenvalue weighted by atomic mass is 9.89. The van der Waals surface area contributed by atoms with E-state index in [9.17, 15) is 19.2 Å². The first kappa shape index (κ1) is 27.5. The maximum atomic E-state index is 13.6. The molecule has 1 N–H and O–H groups in total. The van der Waals surface area contributed by atoms with Gasteiger partial charge in [-0.2, -0.15) is 0 Å². The Hall–Kier alpha value is -3.10. The smallest absolute Gasteiger partial charge is 0.410 e. The fourth-order valence-electron chi connectivity index (χ4n) is 5.09. The maximum Gasteiger partial charge on any atom is 0.410 e. The first-order valence-corrected chi connectivity index (χ1v) is 12.4. The van der Waals surface area contributed by atoms with Gasteiger partial charge >= 0.3 is 11.8 Å². The summed E-state index contributed by atoms with van der Waals surface area (Å²) in [6.45, 7) is 12.7. The molecule has 0 spiro atoms. The van der Waals surface area contributed by atoms with Crippen LogP contribution in [0.15, 0.2) is 23.0 Å². The van der Waals surface area contributed by atoms with Crippen molar-refractivity contribution in [1.82, 2.24) is 19.4 Å². The molecule has 1 unspecified atom stereocenters. The Morgan fingerprint density at radius 3 is 2.17 bits per heavy atom. The van der Waals surface area contributed by atoms with Gasteiger partial charge in [0.1, 0.15) is 11.6 Å². The van der Waals surface area contributed by atoms with Crippen molar-refractivity contribution in [2.45, 2.75) is 97.8 Å². The van der Waals surface area contributed by atoms with Crippen LogP contribution in [0, 0.1) is 0 Å². The van der Waals surface area contributed by atoms with E-state index in [-0.39, 0.29) is 37.5 Å². The van der Waals surface area contributed by atoms with Crippen LogP contribution in [0.25, 0.3) is 11.0 Å². The van der Waals surface area contributed by atoms with Gasteiger partial charge in [-0.15, -0.1) is 0 Å². The highest BCUT2D eigenvalue weighted by Gasteiger charge is 2.34. The number of carbonyl (C=O) groups excluding carboxylic acids is 3. The largest absolute Gasteiger partial charge is 0.444 e. The van der Waals surface area contributed by atoms with Crippen molar-refractivity contribution in [2.24, 2.45) is 0 Å². The number of fused-ring (bicyclic) bond motifs is 1. The highest BCUT2D eigenvalue weighted by atomic mass is 16.6. The summed E-state index contributed by atoms with van der Waals surface area (Å²) in [5.74, 6) is -0.491. The van der Waals surface area contributed by atoms with Gasteiger partial charge in [-0.05, 0) is 84.4 Å². The molecule has 9 nitrogen and oxygen atoms in total. The van der Waals surface area contributed by atoms with Crippen molar-refractivity contribution in [3.63, 3.8) is 0 Å². The highest BCUT2D eigenvalue weighted by Crippen LogP contribution is 2.33. The zero-order valence-corrected chi connectivity index (χ0v) is 21.5. The SMILES string of the molecule is C.CC(C)(C)OC(=O)N1CCC(c2ccc3c(c2)n(C(C)(C)C)c(=O)n3C2CCC(=O)NC2=O)CC1. The molecule has 2 fully saturated rings. The van der Waals surface area contributed by atoms with Gasteiger partial charge in [0.25, 0.3) is 0 Å². The number of amides is 3. The number of benzene rings is 1. The molecule has 2 saturated heterocycles. The molecule has 2 aliphatic heterocycles. The van der Waals surface area contributed by atoms with E-state index in [4.69, 9.17) is 4.74 Å². The van der Waals surface area contributed by atoms with Crippen LogP contribution in [0.1, 0.15) is 92.2 Å². The summed E-state index contributed by atoms with van der Waals surface area (Å²) < 4.78 is 8.79. The quantitative estimate of drug-likeness (QED) is 0.620. The lowest BCUT2D eigenvalue weighted by Gasteiger charge is -2.33. The number of ether oxygens (including phenoxy) is 1. The zero-order chi connectivity index (χ0) is 25.7. The van der Waals surface area contributed by atoms with Gasteiger partial charge in [0.05, 0.1) is 11.0 Å². The molecule has 198 valence electrons. The average Bonchev–Trinajstić information content (AvgIpc) is 3.04. The predicted octanol–water partition coefficient (Wildman–Crippen LogP) is 4.29. The summed E-state index contributed by atoms with van der Waals surface area (Å²) in [4.78, 5) is 52.0. The Kier molecular flexibility index (Phi) is 7.44. The van der Waals surface area contributed by atoms with Crippen LogP contribution < -0.4 is 11.0 Å². The van der Waals surface area contributed by atoms with Gasteiger partial charge in [0.2, 0.25) is 11.8 Å². The number of nitrogens with zero attached hydrogens (tertiary/aromatic N) is 3. The number of imidazole rings is 1. The van der Waals surface area contributed by atoms with E-state index < -0.39 is 23.1 Å². The van der Waals surface area contributed by atoms with Crippen LogP contribution in [0.5, 0.6) is 0 Å². The van der Waals surface area contributed by atoms with Crippen molar-refractivity contribution >= 4 is 28.9 Å². The lowest BCUT2D eigenvalue weighted by Crippen LogP contribution is -2.45. The van der Waals surface area contributed by atoms with Gasteiger partial charge < -0.3 is 9.64 Å². The van der Waals surface area contributed by atoms with E-state index in [2.05, 4.69) is 11.4 Å². The second-order valence-electron chi connectivity index (χ2n) is 11.6. The van der Waals surface area contributed by atoms with Crippen molar-refractivity contribution in [2.75, 3.05) is 13.1 Å². The highest BCUT2D eigenvalue weighted by molar-refractivity contribution is 6.00. The third-order valence-electron chi connectivity index (χ3n) is 6.71. The number of imide groups is 1. The van der Waals surface area contributed by atoms with Crippen LogP contribution in [-0.2, 0) is 19.9 Å². The Morgan fingerprint density at radius 2 is 1.61 bits per heavy atom. The standard InChI is InChI=1S/C26H36N4O5.CH4/c1-25(2,3)30-20-15-17(16-11-13-28(14-12-16)24(34)35-26(4,5)6)7-8-18(20)29(23(30)33)19-9-10-21(31)27-22(19)32;/h7-8,15-16,19H,9-14H2,1-6H3,(H,27,31,32);1H4. The molecule has 2 aliphatic rings. The molecule has 3 heterocycles. The Morgan fingerprint density at radius 1 is 0.972 bits per heavy atom. The number of rotatable bonds is 2. The van der Waals surface area contributed by atoms with Gasteiger partial charge in [-0.3, -0.25) is 24.0 Å². The van der Waals surface area contributed by atoms with E-state index in [0.29, 0.717) is 25.0 Å². The summed E-state index contributed by atoms with van der Waals surface area (Å²) in [5.41, 5.74) is 1.30. The summed E-state index contributed by atoms with van der Waals surface area (Å²) >= 11 is 0. The molecular weight excluding hydrogens is 460 g/mol. The molecule has 2 aromatic rings. The second-order valence-corrected chi connectivity index (χ2v) is 11.6. The monoisotopic (exact) mass is 500 g/mol. The van der Waals surface area contributed by atoms with Crippen LogP contribution in [0.3, 0.4) is 0 Å². The minimum Gasteiger partial charge on any atom is -0.444 e. The van der Waals surface area contributed by atoms with Crippen molar-refractivity contribution in [1.29, 1.82) is 0 Å². The minimum atomic E-state index is -0.714. The molecule has 1 aromatic carbocycles. The average molecular weight is 501 g/mol. The zero-order valence-electron chi connectivity index (χ0n) is 21.5. The number of nitrogens with one attached hydrogen (secondary N) is 1. The van der Waals surface area contributed by atoms with E-state index in [1.54, 1.807) is 9.47 Å². The second kappa shape index (κ2) is 9.75. The third kappa shape index (κ3) is 5.34. The fraction of sp³-hybridized carbons (Fsp3) is 0.630. The van der Waals surface area contributed by atoms with E-state index in [1.807, 2.05) is 53.7 Å². The number of carbonyl (C=O) groups is 3. The van der Waals surface area contributed by atoms with Crippen molar-refractivity contribution in [3.8, 4) is 0 Å².